The highest BCUT2D eigenvalue weighted by atomic mass is 16.3. The molecule has 1 heterocycles. The first-order valence-corrected chi connectivity index (χ1v) is 8.66. The maximum absolute atomic E-state index is 10.3. The summed E-state index contributed by atoms with van der Waals surface area (Å²) in [6, 6.07) is 12.9. The number of hydrogen-bond acceptors (Lipinski definition) is 3. The van der Waals surface area contributed by atoms with E-state index in [0.717, 1.165) is 0 Å². The van der Waals surface area contributed by atoms with Crippen molar-refractivity contribution in [3.8, 4) is 11.1 Å². The molecule has 0 spiro atoms. The van der Waals surface area contributed by atoms with Gasteiger partial charge in [-0.2, -0.15) is 0 Å². The van der Waals surface area contributed by atoms with E-state index in [-0.39, 0.29) is 12.1 Å². The molecule has 2 atom stereocenters. The molecule has 0 amide bonds. The number of aromatic nitrogens is 1. The average Bonchev–Trinajstić information content (AvgIpc) is 3.15. The van der Waals surface area contributed by atoms with E-state index in [1.807, 2.05) is 24.5 Å². The average molecular weight is 310 g/mol. The maximum Gasteiger partial charge on any atom is 0.0692 e. The van der Waals surface area contributed by atoms with Crippen molar-refractivity contribution < 1.29 is 5.11 Å². The molecule has 3 nitrogen and oxygen atoms in total. The second-order valence-corrected chi connectivity index (χ2v) is 6.60. The van der Waals surface area contributed by atoms with Gasteiger partial charge in [0.1, 0.15) is 0 Å². The summed E-state index contributed by atoms with van der Waals surface area (Å²) in [5.74, 6) is 0.484. The van der Waals surface area contributed by atoms with Crippen LogP contribution < -0.4 is 5.32 Å². The predicted octanol–water partition coefficient (Wildman–Crippen LogP) is 3.95. The third-order valence-electron chi connectivity index (χ3n) is 4.98. The van der Waals surface area contributed by atoms with E-state index in [9.17, 15) is 5.11 Å². The minimum Gasteiger partial charge on any atom is -0.392 e. The maximum atomic E-state index is 10.3. The van der Waals surface area contributed by atoms with Crippen molar-refractivity contribution in [2.75, 3.05) is 6.54 Å². The van der Waals surface area contributed by atoms with Gasteiger partial charge in [0, 0.05) is 25.0 Å². The van der Waals surface area contributed by atoms with Crippen LogP contribution >= 0.6 is 0 Å². The lowest BCUT2D eigenvalue weighted by molar-refractivity contribution is 0.106. The largest absolute Gasteiger partial charge is 0.392 e. The second-order valence-electron chi connectivity index (χ2n) is 6.60. The molecule has 1 aliphatic carbocycles. The highest BCUT2D eigenvalue weighted by molar-refractivity contribution is 5.63. The fourth-order valence-corrected chi connectivity index (χ4v) is 3.46. The summed E-state index contributed by atoms with van der Waals surface area (Å²) < 4.78 is 0. The normalized spacial score (nSPS) is 18.0. The molecule has 0 bridgehead atoms. The number of nitrogens with zero attached hydrogens (tertiary/aromatic N) is 1. The third-order valence-corrected chi connectivity index (χ3v) is 4.98. The molecule has 122 valence electrons. The van der Waals surface area contributed by atoms with Crippen LogP contribution in [0.2, 0.25) is 0 Å². The van der Waals surface area contributed by atoms with E-state index < -0.39 is 0 Å². The summed E-state index contributed by atoms with van der Waals surface area (Å²) in [4.78, 5) is 4.07. The molecular formula is C20H26N2O. The number of benzene rings is 1. The number of hydrogen-bond donors (Lipinski definition) is 2. The Bertz CT molecular complexity index is 608. The van der Waals surface area contributed by atoms with Crippen LogP contribution in [0.5, 0.6) is 0 Å². The van der Waals surface area contributed by atoms with Crippen LogP contribution in [0.25, 0.3) is 11.1 Å². The van der Waals surface area contributed by atoms with Gasteiger partial charge in [-0.05, 0) is 60.6 Å². The van der Waals surface area contributed by atoms with Crippen molar-refractivity contribution >= 4 is 0 Å². The Morgan fingerprint density at radius 3 is 2.61 bits per heavy atom. The molecule has 23 heavy (non-hydrogen) atoms. The molecular weight excluding hydrogens is 284 g/mol. The van der Waals surface area contributed by atoms with Crippen molar-refractivity contribution in [3.05, 3.63) is 54.4 Å². The van der Waals surface area contributed by atoms with Gasteiger partial charge in [-0.25, -0.2) is 0 Å². The first kappa shape index (κ1) is 16.2. The molecule has 1 aromatic carbocycles. The minimum atomic E-state index is -0.219. The van der Waals surface area contributed by atoms with E-state index in [2.05, 4.69) is 41.5 Å². The molecule has 1 fully saturated rings. The molecule has 3 rings (SSSR count). The van der Waals surface area contributed by atoms with Crippen molar-refractivity contribution in [3.63, 3.8) is 0 Å². The van der Waals surface area contributed by atoms with Crippen LogP contribution in [0, 0.1) is 5.92 Å². The summed E-state index contributed by atoms with van der Waals surface area (Å²) in [6.07, 6.45) is 8.31. The fraction of sp³-hybridized carbons (Fsp3) is 0.450. The van der Waals surface area contributed by atoms with Gasteiger partial charge in [0.05, 0.1) is 6.10 Å². The number of aliphatic hydroxyl groups is 1. The first-order chi connectivity index (χ1) is 11.2. The quantitative estimate of drug-likeness (QED) is 0.849. The fourth-order valence-electron chi connectivity index (χ4n) is 3.46. The van der Waals surface area contributed by atoms with E-state index >= 15 is 0 Å². The number of pyridine rings is 1. The van der Waals surface area contributed by atoms with Gasteiger partial charge in [-0.1, -0.05) is 31.0 Å². The van der Waals surface area contributed by atoms with Crippen LogP contribution in [-0.2, 0) is 0 Å². The molecule has 2 unspecified atom stereocenters. The summed E-state index contributed by atoms with van der Waals surface area (Å²) in [6.45, 7) is 2.83. The van der Waals surface area contributed by atoms with Crippen LogP contribution in [0.15, 0.2) is 48.8 Å². The standard InChI is InChI=1S/C20H26N2O/c1-15(22-14-20(23)17-5-2-3-6-17)18-7-4-8-19(13-18)16-9-11-21-12-10-16/h4,7-13,15,17,20,22-23H,2-3,5-6,14H2,1H3. The first-order valence-electron chi connectivity index (χ1n) is 8.66. The predicted molar refractivity (Wildman–Crippen MR) is 94.1 cm³/mol. The summed E-state index contributed by atoms with van der Waals surface area (Å²) in [7, 11) is 0. The minimum absolute atomic E-state index is 0.219. The van der Waals surface area contributed by atoms with Crippen LogP contribution in [-0.4, -0.2) is 22.7 Å². The third kappa shape index (κ3) is 4.18. The molecule has 2 aromatic rings. The van der Waals surface area contributed by atoms with Crippen molar-refractivity contribution in [1.82, 2.24) is 10.3 Å². The van der Waals surface area contributed by atoms with E-state index in [1.54, 1.807) is 0 Å². The summed E-state index contributed by atoms with van der Waals surface area (Å²) in [5, 5.41) is 13.8. The lowest BCUT2D eigenvalue weighted by Gasteiger charge is -2.21. The van der Waals surface area contributed by atoms with Crippen LogP contribution in [0.3, 0.4) is 0 Å². The number of aliphatic hydroxyl groups excluding tert-OH is 1. The number of rotatable bonds is 6. The number of nitrogens with one attached hydrogen (secondary N) is 1. The Morgan fingerprint density at radius 2 is 1.87 bits per heavy atom. The molecule has 0 saturated heterocycles. The van der Waals surface area contributed by atoms with Crippen molar-refractivity contribution in [2.45, 2.75) is 44.8 Å². The van der Waals surface area contributed by atoms with Crippen LogP contribution in [0.4, 0.5) is 0 Å². The Labute approximate surface area is 138 Å². The Morgan fingerprint density at radius 1 is 1.13 bits per heavy atom. The van der Waals surface area contributed by atoms with Gasteiger partial charge in [-0.3, -0.25) is 4.98 Å². The monoisotopic (exact) mass is 310 g/mol. The highest BCUT2D eigenvalue weighted by Gasteiger charge is 2.23. The molecule has 2 N–H and O–H groups in total. The molecule has 1 aliphatic rings. The Balaban J connectivity index is 1.62. The Hall–Kier alpha value is -1.71. The Kier molecular flexibility index (Phi) is 5.42. The van der Waals surface area contributed by atoms with Crippen LogP contribution in [0.1, 0.15) is 44.2 Å². The second kappa shape index (κ2) is 7.71. The lowest BCUT2D eigenvalue weighted by atomic mass is 9.99. The van der Waals surface area contributed by atoms with E-state index in [4.69, 9.17) is 0 Å². The molecule has 3 heteroatoms. The van der Waals surface area contributed by atoms with Gasteiger partial charge in [0.25, 0.3) is 0 Å². The zero-order valence-electron chi connectivity index (χ0n) is 13.8. The zero-order chi connectivity index (χ0) is 16.1. The highest BCUT2D eigenvalue weighted by Crippen LogP contribution is 2.28. The van der Waals surface area contributed by atoms with Crippen molar-refractivity contribution in [2.24, 2.45) is 5.92 Å². The van der Waals surface area contributed by atoms with Gasteiger partial charge in [0.2, 0.25) is 0 Å². The molecule has 1 aromatic heterocycles. The van der Waals surface area contributed by atoms with Gasteiger partial charge in [-0.15, -0.1) is 0 Å². The summed E-state index contributed by atoms with van der Waals surface area (Å²) in [5.41, 5.74) is 3.63. The van der Waals surface area contributed by atoms with Gasteiger partial charge < -0.3 is 10.4 Å². The van der Waals surface area contributed by atoms with Gasteiger partial charge in [0.15, 0.2) is 0 Å². The molecule has 0 radical (unpaired) electrons. The zero-order valence-corrected chi connectivity index (χ0v) is 13.8. The van der Waals surface area contributed by atoms with E-state index in [0.29, 0.717) is 12.5 Å². The van der Waals surface area contributed by atoms with Crippen molar-refractivity contribution in [1.29, 1.82) is 0 Å². The van der Waals surface area contributed by atoms with E-state index in [1.165, 1.54) is 42.4 Å². The smallest absolute Gasteiger partial charge is 0.0692 e. The lowest BCUT2D eigenvalue weighted by Crippen LogP contribution is -2.33. The molecule has 1 saturated carbocycles. The topological polar surface area (TPSA) is 45.1 Å². The molecule has 0 aliphatic heterocycles. The summed E-state index contributed by atoms with van der Waals surface area (Å²) >= 11 is 0. The SMILES string of the molecule is CC(NCC(O)C1CCCC1)c1cccc(-c2ccncc2)c1. The van der Waals surface area contributed by atoms with Gasteiger partial charge >= 0.3 is 0 Å².